The molecule has 0 saturated heterocycles. The van der Waals surface area contributed by atoms with Gasteiger partial charge < -0.3 is 10.1 Å². The average molecular weight is 452 g/mol. The Morgan fingerprint density at radius 3 is 2.74 bits per heavy atom. The summed E-state index contributed by atoms with van der Waals surface area (Å²) in [6.45, 7) is 6.37. The highest BCUT2D eigenvalue weighted by molar-refractivity contribution is 9.10. The van der Waals surface area contributed by atoms with E-state index in [0.29, 0.717) is 29.4 Å². The van der Waals surface area contributed by atoms with Crippen LogP contribution in [0.4, 0.5) is 11.6 Å². The van der Waals surface area contributed by atoms with Gasteiger partial charge in [-0.3, -0.25) is 9.89 Å². The van der Waals surface area contributed by atoms with Crippen LogP contribution in [0.5, 0.6) is 5.75 Å². The molecule has 3 aromatic rings. The number of nitrogens with zero attached hydrogens (tertiary/aromatic N) is 3. The van der Waals surface area contributed by atoms with E-state index in [1.807, 2.05) is 39.2 Å². The third-order valence-corrected chi connectivity index (χ3v) is 5.59. The van der Waals surface area contributed by atoms with Gasteiger partial charge >= 0.3 is 0 Å². The van der Waals surface area contributed by atoms with Crippen LogP contribution in [0.3, 0.4) is 0 Å². The number of aryl methyl sites for hydroxylation is 1. The summed E-state index contributed by atoms with van der Waals surface area (Å²) in [7, 11) is 0. The third-order valence-electron chi connectivity index (χ3n) is 4.05. The summed E-state index contributed by atoms with van der Waals surface area (Å²) < 4.78 is 8.06. The molecule has 0 unspecified atom stereocenters. The third kappa shape index (κ3) is 4.14. The van der Waals surface area contributed by atoms with E-state index in [1.54, 1.807) is 17.8 Å². The van der Waals surface area contributed by atoms with Crippen molar-refractivity contribution in [3.8, 4) is 5.75 Å². The van der Waals surface area contributed by atoms with E-state index in [0.717, 1.165) is 21.3 Å². The van der Waals surface area contributed by atoms with Crippen LogP contribution < -0.4 is 15.6 Å². The molecule has 27 heavy (non-hydrogen) atoms. The van der Waals surface area contributed by atoms with Crippen molar-refractivity contribution in [3.63, 3.8) is 0 Å². The summed E-state index contributed by atoms with van der Waals surface area (Å²) >= 11 is 5.22. The van der Waals surface area contributed by atoms with Gasteiger partial charge in [0.25, 0.3) is 5.56 Å². The lowest BCUT2D eigenvalue weighted by atomic mass is 10.1. The van der Waals surface area contributed by atoms with Crippen LogP contribution in [0.15, 0.2) is 27.5 Å². The zero-order chi connectivity index (χ0) is 19.6. The molecule has 0 saturated carbocycles. The number of aromatic amines is 1. The molecule has 0 bridgehead atoms. The standard InChI is InChI=1S/C18H22BrN5O2S/c1-10(2)24-18(25)14-9-12(26-7-8-27-4)5-6-13(14)16(23-24)20-17-15(19)11(3)21-22-17/h5-6,9-10H,7-8H2,1-4H3,(H2,20,21,22,23). The van der Waals surface area contributed by atoms with Crippen LogP contribution >= 0.6 is 27.7 Å². The minimum Gasteiger partial charge on any atom is -0.493 e. The van der Waals surface area contributed by atoms with Crippen LogP contribution in [0.1, 0.15) is 25.6 Å². The number of benzene rings is 1. The minimum absolute atomic E-state index is 0.0760. The fraction of sp³-hybridized carbons (Fsp3) is 0.389. The highest BCUT2D eigenvalue weighted by Crippen LogP contribution is 2.29. The molecular formula is C18H22BrN5O2S. The summed E-state index contributed by atoms with van der Waals surface area (Å²) in [6.07, 6.45) is 2.03. The van der Waals surface area contributed by atoms with Gasteiger partial charge in [-0.2, -0.15) is 22.0 Å². The number of rotatable bonds is 7. The molecule has 0 aliphatic rings. The summed E-state index contributed by atoms with van der Waals surface area (Å²) in [5, 5.41) is 16.2. The largest absolute Gasteiger partial charge is 0.493 e. The molecule has 1 aromatic carbocycles. The Hall–Kier alpha value is -2.00. The number of thioether (sulfide) groups is 1. The zero-order valence-corrected chi connectivity index (χ0v) is 18.1. The zero-order valence-electron chi connectivity index (χ0n) is 15.7. The van der Waals surface area contributed by atoms with E-state index in [9.17, 15) is 4.79 Å². The highest BCUT2D eigenvalue weighted by atomic mass is 79.9. The molecule has 0 atom stereocenters. The maximum absolute atomic E-state index is 12.9. The van der Waals surface area contributed by atoms with E-state index in [4.69, 9.17) is 4.74 Å². The van der Waals surface area contributed by atoms with Crippen molar-refractivity contribution in [1.82, 2.24) is 20.0 Å². The number of hydrogen-bond acceptors (Lipinski definition) is 6. The quantitative estimate of drug-likeness (QED) is 0.522. The molecule has 0 spiro atoms. The van der Waals surface area contributed by atoms with Crippen molar-refractivity contribution in [1.29, 1.82) is 0 Å². The molecule has 0 radical (unpaired) electrons. The van der Waals surface area contributed by atoms with Gasteiger partial charge in [-0.05, 0) is 61.2 Å². The molecule has 0 fully saturated rings. The topological polar surface area (TPSA) is 84.8 Å². The number of nitrogens with one attached hydrogen (secondary N) is 2. The van der Waals surface area contributed by atoms with Crippen molar-refractivity contribution in [2.75, 3.05) is 23.9 Å². The number of halogens is 1. The second kappa shape index (κ2) is 8.35. The van der Waals surface area contributed by atoms with Crippen molar-refractivity contribution >= 4 is 50.1 Å². The molecule has 2 aromatic heterocycles. The van der Waals surface area contributed by atoms with Crippen LogP contribution in [-0.4, -0.2) is 38.6 Å². The van der Waals surface area contributed by atoms with Gasteiger partial charge in [0, 0.05) is 16.8 Å². The Labute approximate surface area is 170 Å². The number of ether oxygens (including phenoxy) is 1. The number of H-pyrrole nitrogens is 1. The molecule has 0 amide bonds. The molecule has 3 rings (SSSR count). The predicted octanol–water partition coefficient (Wildman–Crippen LogP) is 4.26. The fourth-order valence-corrected chi connectivity index (χ4v) is 3.15. The Balaban J connectivity index is 2.10. The van der Waals surface area contributed by atoms with Gasteiger partial charge in [-0.25, -0.2) is 4.68 Å². The molecule has 2 heterocycles. The van der Waals surface area contributed by atoms with Gasteiger partial charge in [-0.1, -0.05) is 0 Å². The average Bonchev–Trinajstić information content (AvgIpc) is 2.96. The van der Waals surface area contributed by atoms with Gasteiger partial charge in [0.05, 0.1) is 22.5 Å². The number of anilines is 2. The predicted molar refractivity (Wildman–Crippen MR) is 115 cm³/mol. The molecule has 0 aliphatic carbocycles. The van der Waals surface area contributed by atoms with E-state index >= 15 is 0 Å². The SMILES string of the molecule is CSCCOc1ccc2c(Nc3n[nH]c(C)c3Br)nn(C(C)C)c(=O)c2c1. The Morgan fingerprint density at radius 1 is 1.33 bits per heavy atom. The first-order valence-electron chi connectivity index (χ1n) is 8.58. The lowest BCUT2D eigenvalue weighted by molar-refractivity contribution is 0.344. The second-order valence-electron chi connectivity index (χ2n) is 6.38. The molecule has 2 N–H and O–H groups in total. The van der Waals surface area contributed by atoms with Crippen LogP contribution in [0.25, 0.3) is 10.8 Å². The molecule has 9 heteroatoms. The lowest BCUT2D eigenvalue weighted by Gasteiger charge is -2.15. The summed E-state index contributed by atoms with van der Waals surface area (Å²) in [4.78, 5) is 12.9. The maximum atomic E-state index is 12.9. The van der Waals surface area contributed by atoms with E-state index in [-0.39, 0.29) is 11.6 Å². The smallest absolute Gasteiger partial charge is 0.275 e. The second-order valence-corrected chi connectivity index (χ2v) is 8.16. The van der Waals surface area contributed by atoms with E-state index in [2.05, 4.69) is 36.5 Å². The molecule has 144 valence electrons. The summed E-state index contributed by atoms with van der Waals surface area (Å²) in [5.41, 5.74) is 0.765. The highest BCUT2D eigenvalue weighted by Gasteiger charge is 2.16. The monoisotopic (exact) mass is 451 g/mol. The summed E-state index contributed by atoms with van der Waals surface area (Å²) in [5.74, 6) is 2.76. The van der Waals surface area contributed by atoms with Crippen molar-refractivity contribution < 1.29 is 4.74 Å². The van der Waals surface area contributed by atoms with Crippen LogP contribution in [0.2, 0.25) is 0 Å². The van der Waals surface area contributed by atoms with Crippen LogP contribution in [-0.2, 0) is 0 Å². The normalized spacial score (nSPS) is 11.3. The van der Waals surface area contributed by atoms with Gasteiger partial charge in [-0.15, -0.1) is 0 Å². The lowest BCUT2D eigenvalue weighted by Crippen LogP contribution is -2.25. The van der Waals surface area contributed by atoms with Gasteiger partial charge in [0.15, 0.2) is 11.6 Å². The first-order chi connectivity index (χ1) is 12.9. The number of fused-ring (bicyclic) bond motifs is 1. The number of hydrogen-bond donors (Lipinski definition) is 2. The Kier molecular flexibility index (Phi) is 6.11. The summed E-state index contributed by atoms with van der Waals surface area (Å²) in [6, 6.07) is 5.43. The first-order valence-corrected chi connectivity index (χ1v) is 10.8. The van der Waals surface area contributed by atoms with Crippen LogP contribution in [0, 0.1) is 6.92 Å². The van der Waals surface area contributed by atoms with Gasteiger partial charge in [0.2, 0.25) is 0 Å². The molecular weight excluding hydrogens is 430 g/mol. The molecule has 0 aliphatic heterocycles. The first kappa shape index (κ1) is 19.8. The van der Waals surface area contributed by atoms with Crippen molar-refractivity contribution in [3.05, 3.63) is 38.7 Å². The maximum Gasteiger partial charge on any atom is 0.275 e. The molecule has 7 nitrogen and oxygen atoms in total. The fourth-order valence-electron chi connectivity index (χ4n) is 2.62. The van der Waals surface area contributed by atoms with Crippen molar-refractivity contribution in [2.24, 2.45) is 0 Å². The Morgan fingerprint density at radius 2 is 2.11 bits per heavy atom. The Bertz CT molecular complexity index is 1010. The van der Waals surface area contributed by atoms with Crippen molar-refractivity contribution in [2.45, 2.75) is 26.8 Å². The van der Waals surface area contributed by atoms with E-state index < -0.39 is 0 Å². The van der Waals surface area contributed by atoms with Gasteiger partial charge in [0.1, 0.15) is 5.75 Å². The minimum atomic E-state index is -0.141. The number of aromatic nitrogens is 4. The van der Waals surface area contributed by atoms with E-state index in [1.165, 1.54) is 4.68 Å².